The highest BCUT2D eigenvalue weighted by molar-refractivity contribution is 5.94. The second-order valence-electron chi connectivity index (χ2n) is 8.37. The Hall–Kier alpha value is -4.27. The smallest absolute Gasteiger partial charge is 0.278 e. The predicted octanol–water partition coefficient (Wildman–Crippen LogP) is 2.46. The first-order valence-corrected chi connectivity index (χ1v) is 11.1. The Kier molecular flexibility index (Phi) is 5.45. The van der Waals surface area contributed by atoms with Crippen molar-refractivity contribution in [2.45, 2.75) is 13.8 Å². The van der Waals surface area contributed by atoms with E-state index >= 15 is 0 Å². The maximum atomic E-state index is 13.2. The van der Waals surface area contributed by atoms with Crippen LogP contribution in [-0.4, -0.2) is 61.8 Å². The molecule has 0 aliphatic carbocycles. The number of carbonyl (C=O) groups excluding carboxylic acids is 1. The van der Waals surface area contributed by atoms with Crippen molar-refractivity contribution >= 4 is 22.8 Å². The van der Waals surface area contributed by atoms with E-state index < -0.39 is 17.2 Å². The molecule has 9 nitrogen and oxygen atoms in total. The summed E-state index contributed by atoms with van der Waals surface area (Å²) in [5.41, 5.74) is 3.36. The maximum absolute atomic E-state index is 13.2. The predicted molar refractivity (Wildman–Crippen MR) is 129 cm³/mol. The van der Waals surface area contributed by atoms with Gasteiger partial charge in [-0.05, 0) is 43.7 Å². The molecule has 9 heteroatoms. The standard InChI is InChI=1S/C25H24N6O3/c1-16-6-5-7-18(14-16)31-22(33)15-21(32)23(28-31)25(34)30-12-10-29(11-13-30)24-17(2)26-19-8-3-4-9-20(19)27-24/h3-9,14-15,32H,10-13H2,1-2H3. The fourth-order valence-corrected chi connectivity index (χ4v) is 4.19. The molecular formula is C25H24N6O3. The van der Waals surface area contributed by atoms with Crippen molar-refractivity contribution in [3.8, 4) is 11.4 Å². The summed E-state index contributed by atoms with van der Waals surface area (Å²) in [5, 5.41) is 14.5. The molecule has 2 aromatic heterocycles. The van der Waals surface area contributed by atoms with Gasteiger partial charge in [0.05, 0.1) is 22.4 Å². The van der Waals surface area contributed by atoms with Gasteiger partial charge in [0.1, 0.15) is 0 Å². The summed E-state index contributed by atoms with van der Waals surface area (Å²) in [4.78, 5) is 38.8. The van der Waals surface area contributed by atoms with Gasteiger partial charge in [-0.3, -0.25) is 9.59 Å². The third-order valence-electron chi connectivity index (χ3n) is 5.95. The highest BCUT2D eigenvalue weighted by Crippen LogP contribution is 2.22. The molecule has 1 aliphatic rings. The van der Waals surface area contributed by atoms with E-state index in [-0.39, 0.29) is 5.69 Å². The molecule has 34 heavy (non-hydrogen) atoms. The molecule has 1 amide bonds. The van der Waals surface area contributed by atoms with E-state index in [4.69, 9.17) is 4.98 Å². The molecule has 0 saturated carbocycles. The summed E-state index contributed by atoms with van der Waals surface area (Å²) >= 11 is 0. The number of para-hydroxylation sites is 2. The van der Waals surface area contributed by atoms with Gasteiger partial charge in [0.25, 0.3) is 11.5 Å². The van der Waals surface area contributed by atoms with Gasteiger partial charge in [-0.25, -0.2) is 9.97 Å². The first-order chi connectivity index (χ1) is 16.4. The van der Waals surface area contributed by atoms with Crippen LogP contribution in [0.3, 0.4) is 0 Å². The number of carbonyl (C=O) groups is 1. The number of hydrogen-bond acceptors (Lipinski definition) is 7. The zero-order valence-corrected chi connectivity index (χ0v) is 19.0. The molecule has 0 radical (unpaired) electrons. The lowest BCUT2D eigenvalue weighted by Crippen LogP contribution is -2.49. The Morgan fingerprint density at radius 2 is 1.62 bits per heavy atom. The molecule has 1 saturated heterocycles. The molecular weight excluding hydrogens is 432 g/mol. The van der Waals surface area contributed by atoms with E-state index in [2.05, 4.69) is 15.0 Å². The molecule has 0 unspecified atom stereocenters. The van der Waals surface area contributed by atoms with Crippen molar-refractivity contribution in [1.29, 1.82) is 0 Å². The summed E-state index contributed by atoms with van der Waals surface area (Å²) in [7, 11) is 0. The van der Waals surface area contributed by atoms with Crippen molar-refractivity contribution in [3.63, 3.8) is 0 Å². The summed E-state index contributed by atoms with van der Waals surface area (Å²) < 4.78 is 1.14. The molecule has 0 bridgehead atoms. The topological polar surface area (TPSA) is 104 Å². The lowest BCUT2D eigenvalue weighted by molar-refractivity contribution is 0.0735. The van der Waals surface area contributed by atoms with Crippen LogP contribution in [0.1, 0.15) is 21.7 Å². The Bertz CT molecular complexity index is 1460. The molecule has 4 aromatic rings. The third kappa shape index (κ3) is 3.96. The van der Waals surface area contributed by atoms with Crippen molar-refractivity contribution in [3.05, 3.63) is 81.9 Å². The minimum absolute atomic E-state index is 0.142. The van der Waals surface area contributed by atoms with Gasteiger partial charge in [-0.1, -0.05) is 24.3 Å². The number of nitrogens with zero attached hydrogens (tertiary/aromatic N) is 6. The maximum Gasteiger partial charge on any atom is 0.278 e. The van der Waals surface area contributed by atoms with Crippen LogP contribution in [0.2, 0.25) is 0 Å². The highest BCUT2D eigenvalue weighted by atomic mass is 16.3. The third-order valence-corrected chi connectivity index (χ3v) is 5.95. The van der Waals surface area contributed by atoms with E-state index in [1.54, 1.807) is 17.0 Å². The minimum atomic E-state index is -0.505. The monoisotopic (exact) mass is 456 g/mol. The normalized spacial score (nSPS) is 13.9. The average Bonchev–Trinajstić information content (AvgIpc) is 2.83. The average molecular weight is 457 g/mol. The molecule has 1 fully saturated rings. The van der Waals surface area contributed by atoms with Crippen molar-refractivity contribution in [2.75, 3.05) is 31.1 Å². The molecule has 0 atom stereocenters. The van der Waals surface area contributed by atoms with Gasteiger partial charge in [-0.15, -0.1) is 0 Å². The molecule has 172 valence electrons. The van der Waals surface area contributed by atoms with Crippen LogP contribution in [0.15, 0.2) is 59.4 Å². The molecule has 1 N–H and O–H groups in total. The van der Waals surface area contributed by atoms with E-state index in [0.717, 1.165) is 38.9 Å². The zero-order valence-electron chi connectivity index (χ0n) is 19.0. The number of rotatable bonds is 3. The van der Waals surface area contributed by atoms with Crippen LogP contribution < -0.4 is 10.5 Å². The number of benzene rings is 2. The number of aromatic nitrogens is 4. The largest absolute Gasteiger partial charge is 0.505 e. The Morgan fingerprint density at radius 1 is 0.912 bits per heavy atom. The van der Waals surface area contributed by atoms with Crippen LogP contribution in [0.5, 0.6) is 5.75 Å². The SMILES string of the molecule is Cc1cccc(-n2nc(C(=O)N3CCN(c4nc5ccccc5nc4C)CC3)c(O)cc2=O)c1. The Labute approximate surface area is 195 Å². The van der Waals surface area contributed by atoms with E-state index in [9.17, 15) is 14.7 Å². The second kappa shape index (κ2) is 8.58. The number of fused-ring (bicyclic) bond motifs is 1. The molecule has 0 spiro atoms. The number of hydrogen-bond donors (Lipinski definition) is 1. The number of aromatic hydroxyl groups is 1. The van der Waals surface area contributed by atoms with Crippen molar-refractivity contribution < 1.29 is 9.90 Å². The molecule has 5 rings (SSSR count). The lowest BCUT2D eigenvalue weighted by atomic mass is 10.2. The molecule has 2 aromatic carbocycles. The van der Waals surface area contributed by atoms with Gasteiger partial charge < -0.3 is 14.9 Å². The first kappa shape index (κ1) is 21.6. The van der Waals surface area contributed by atoms with Crippen LogP contribution in [0.4, 0.5) is 5.82 Å². The highest BCUT2D eigenvalue weighted by Gasteiger charge is 2.27. The van der Waals surface area contributed by atoms with Gasteiger partial charge in [0.15, 0.2) is 17.3 Å². The van der Waals surface area contributed by atoms with Crippen molar-refractivity contribution in [2.24, 2.45) is 0 Å². The molecule has 3 heterocycles. The lowest BCUT2D eigenvalue weighted by Gasteiger charge is -2.35. The van der Waals surface area contributed by atoms with E-state index in [1.165, 1.54) is 0 Å². The van der Waals surface area contributed by atoms with Crippen LogP contribution in [0, 0.1) is 13.8 Å². The van der Waals surface area contributed by atoms with Gasteiger partial charge >= 0.3 is 0 Å². The fraction of sp³-hybridized carbons (Fsp3) is 0.240. The minimum Gasteiger partial charge on any atom is -0.505 e. The van der Waals surface area contributed by atoms with E-state index in [0.29, 0.717) is 31.9 Å². The second-order valence-corrected chi connectivity index (χ2v) is 8.37. The molecule has 1 aliphatic heterocycles. The van der Waals surface area contributed by atoms with Crippen LogP contribution >= 0.6 is 0 Å². The van der Waals surface area contributed by atoms with Crippen molar-refractivity contribution in [1.82, 2.24) is 24.6 Å². The number of anilines is 1. The zero-order chi connectivity index (χ0) is 23.8. The summed E-state index contributed by atoms with van der Waals surface area (Å²) in [5.74, 6) is -0.0304. The van der Waals surface area contributed by atoms with Gasteiger partial charge in [0.2, 0.25) is 0 Å². The van der Waals surface area contributed by atoms with Crippen LogP contribution in [-0.2, 0) is 0 Å². The quantitative estimate of drug-likeness (QED) is 0.505. The van der Waals surface area contributed by atoms with E-state index in [1.807, 2.05) is 50.2 Å². The summed E-state index contributed by atoms with van der Waals surface area (Å²) in [6.07, 6.45) is 0. The van der Waals surface area contributed by atoms with Gasteiger partial charge in [-0.2, -0.15) is 9.78 Å². The number of aryl methyl sites for hydroxylation is 2. The Balaban J connectivity index is 1.37. The Morgan fingerprint density at radius 3 is 2.32 bits per heavy atom. The number of amides is 1. The first-order valence-electron chi connectivity index (χ1n) is 11.1. The number of piperazine rings is 1. The summed E-state index contributed by atoms with van der Waals surface area (Å²) in [6, 6.07) is 16.0. The fourth-order valence-electron chi connectivity index (χ4n) is 4.19. The van der Waals surface area contributed by atoms with Gasteiger partial charge in [0, 0.05) is 32.2 Å². The summed E-state index contributed by atoms with van der Waals surface area (Å²) in [6.45, 7) is 5.83. The van der Waals surface area contributed by atoms with Crippen LogP contribution in [0.25, 0.3) is 16.7 Å².